The highest BCUT2D eigenvalue weighted by molar-refractivity contribution is 7.99. The van der Waals surface area contributed by atoms with Gasteiger partial charge in [0.05, 0.1) is 16.4 Å². The lowest BCUT2D eigenvalue weighted by Crippen LogP contribution is -2.08. The van der Waals surface area contributed by atoms with Crippen molar-refractivity contribution in [3.05, 3.63) is 41.0 Å². The van der Waals surface area contributed by atoms with Gasteiger partial charge in [0.2, 0.25) is 4.83 Å². The second-order valence-electron chi connectivity index (χ2n) is 5.78. The smallest absolute Gasteiger partial charge is 0.286 e. The van der Waals surface area contributed by atoms with Crippen LogP contribution in [-0.2, 0) is 12.8 Å². The van der Waals surface area contributed by atoms with E-state index in [-0.39, 0.29) is 0 Å². The van der Waals surface area contributed by atoms with E-state index < -0.39 is 0 Å². The fourth-order valence-corrected chi connectivity index (χ4v) is 5.49. The standard InChI is InChI=1S/C17H14N4S2/c1-4-8-13-10(5-1)14-15(22-13)18-9-19-16(14)23-17-20-11-6-2-3-7-12(11)21-17/h2-3,6-7,9H,1,4-5,8H2,(H,20,21)/p+1. The van der Waals surface area contributed by atoms with Crippen LogP contribution < -0.4 is 4.98 Å². The Morgan fingerprint density at radius 3 is 3.04 bits per heavy atom. The van der Waals surface area contributed by atoms with Gasteiger partial charge in [-0.05, 0) is 60.1 Å². The number of rotatable bonds is 2. The molecule has 5 rings (SSSR count). The Kier molecular flexibility index (Phi) is 3.12. The third kappa shape index (κ3) is 2.24. The van der Waals surface area contributed by atoms with Crippen molar-refractivity contribution in [3.63, 3.8) is 0 Å². The topological polar surface area (TPSA) is 55.7 Å². The summed E-state index contributed by atoms with van der Waals surface area (Å²) in [6, 6.07) is 8.14. The number of aromatic amines is 2. The zero-order valence-electron chi connectivity index (χ0n) is 12.4. The highest BCUT2D eigenvalue weighted by Gasteiger charge is 2.24. The van der Waals surface area contributed by atoms with E-state index in [1.54, 1.807) is 18.1 Å². The molecule has 6 heteroatoms. The Morgan fingerprint density at radius 1 is 1.17 bits per heavy atom. The molecule has 0 unspecified atom stereocenters. The molecule has 0 atom stereocenters. The van der Waals surface area contributed by atoms with Crippen LogP contribution in [0.3, 0.4) is 0 Å². The number of thiophene rings is 1. The summed E-state index contributed by atoms with van der Waals surface area (Å²) in [6.45, 7) is 0. The molecule has 0 amide bonds. The summed E-state index contributed by atoms with van der Waals surface area (Å²) < 4.78 is 0. The van der Waals surface area contributed by atoms with Crippen molar-refractivity contribution in [2.24, 2.45) is 0 Å². The van der Waals surface area contributed by atoms with Gasteiger partial charge < -0.3 is 4.98 Å². The summed E-state index contributed by atoms with van der Waals surface area (Å²) in [5, 5.41) is 3.37. The predicted octanol–water partition coefficient (Wildman–Crippen LogP) is 4.02. The quantitative estimate of drug-likeness (QED) is 0.561. The van der Waals surface area contributed by atoms with Gasteiger partial charge in [0, 0.05) is 4.88 Å². The summed E-state index contributed by atoms with van der Waals surface area (Å²) >= 11 is 3.52. The maximum absolute atomic E-state index is 4.68. The van der Waals surface area contributed by atoms with E-state index in [2.05, 4.69) is 26.0 Å². The van der Waals surface area contributed by atoms with E-state index in [4.69, 9.17) is 0 Å². The molecule has 0 fully saturated rings. The molecule has 1 aliphatic rings. The van der Waals surface area contributed by atoms with Gasteiger partial charge in [0.15, 0.2) is 10.2 Å². The van der Waals surface area contributed by atoms with E-state index in [9.17, 15) is 0 Å². The minimum absolute atomic E-state index is 0.922. The predicted molar refractivity (Wildman–Crippen MR) is 93.0 cm³/mol. The van der Waals surface area contributed by atoms with Crippen molar-refractivity contribution in [1.82, 2.24) is 15.0 Å². The van der Waals surface area contributed by atoms with E-state index >= 15 is 0 Å². The van der Waals surface area contributed by atoms with Crippen LogP contribution in [0.4, 0.5) is 0 Å². The lowest BCUT2D eigenvalue weighted by molar-refractivity contribution is -0.427. The van der Waals surface area contributed by atoms with Crippen LogP contribution in [0.15, 0.2) is 40.8 Å². The Labute approximate surface area is 141 Å². The van der Waals surface area contributed by atoms with E-state index in [0.29, 0.717) is 0 Å². The molecule has 4 nitrogen and oxygen atoms in total. The van der Waals surface area contributed by atoms with Gasteiger partial charge in [-0.1, -0.05) is 23.5 Å². The zero-order chi connectivity index (χ0) is 15.2. The number of aryl methyl sites for hydroxylation is 2. The fourth-order valence-electron chi connectivity index (χ4n) is 3.25. The maximum Gasteiger partial charge on any atom is 0.286 e. The van der Waals surface area contributed by atoms with Gasteiger partial charge in [0.25, 0.3) is 6.33 Å². The molecule has 0 bridgehead atoms. The largest absolute Gasteiger partial charge is 0.333 e. The van der Waals surface area contributed by atoms with E-state index in [0.717, 1.165) is 26.0 Å². The van der Waals surface area contributed by atoms with Crippen LogP contribution >= 0.6 is 23.1 Å². The molecule has 23 heavy (non-hydrogen) atoms. The average molecular weight is 339 g/mol. The third-order valence-corrected chi connectivity index (χ3v) is 6.44. The van der Waals surface area contributed by atoms with Crippen LogP contribution in [0.25, 0.3) is 21.3 Å². The number of para-hydroxylation sites is 2. The van der Waals surface area contributed by atoms with Gasteiger partial charge in [-0.15, -0.1) is 0 Å². The Balaban J connectivity index is 1.63. The lowest BCUT2D eigenvalue weighted by atomic mass is 9.97. The van der Waals surface area contributed by atoms with Crippen molar-refractivity contribution in [2.75, 3.05) is 0 Å². The molecule has 0 saturated carbocycles. The van der Waals surface area contributed by atoms with Crippen molar-refractivity contribution in [3.8, 4) is 0 Å². The van der Waals surface area contributed by atoms with Crippen molar-refractivity contribution in [2.45, 2.75) is 35.9 Å². The number of hydrogen-bond donors (Lipinski definition) is 1. The zero-order valence-corrected chi connectivity index (χ0v) is 14.1. The second-order valence-corrected chi connectivity index (χ2v) is 7.87. The molecule has 2 N–H and O–H groups in total. The molecular formula is C17H15N4S2+. The molecule has 0 radical (unpaired) electrons. The van der Waals surface area contributed by atoms with Gasteiger partial charge >= 0.3 is 0 Å². The molecule has 1 aliphatic carbocycles. The summed E-state index contributed by atoms with van der Waals surface area (Å²) in [5.41, 5.74) is 3.58. The molecule has 0 aliphatic heterocycles. The first kappa shape index (κ1) is 13.5. The lowest BCUT2D eigenvalue weighted by Gasteiger charge is -2.10. The number of benzene rings is 1. The number of nitrogens with one attached hydrogen (secondary N) is 2. The third-order valence-electron chi connectivity index (χ3n) is 4.32. The Morgan fingerprint density at radius 2 is 2.09 bits per heavy atom. The molecule has 0 spiro atoms. The molecule has 1 aromatic carbocycles. The molecule has 3 aromatic heterocycles. The SMILES string of the molecule is c1ccc2[nH]c(Sc3[nH+]cnc4sc5c(c34)CCCC5)nc2c1. The number of aromatic nitrogens is 4. The summed E-state index contributed by atoms with van der Waals surface area (Å²) in [6.07, 6.45) is 6.75. The fraction of sp³-hybridized carbons (Fsp3) is 0.235. The molecular weight excluding hydrogens is 324 g/mol. The molecule has 0 saturated heterocycles. The Hall–Kier alpha value is -1.92. The molecule has 3 heterocycles. The normalized spacial score (nSPS) is 14.4. The number of hydrogen-bond acceptors (Lipinski definition) is 4. The minimum Gasteiger partial charge on any atom is -0.333 e. The van der Waals surface area contributed by atoms with Crippen molar-refractivity contribution >= 4 is 44.3 Å². The van der Waals surface area contributed by atoms with Crippen LogP contribution in [0.1, 0.15) is 23.3 Å². The molecule has 4 aromatic rings. The van der Waals surface area contributed by atoms with Crippen LogP contribution in [0.2, 0.25) is 0 Å². The minimum atomic E-state index is 0.922. The summed E-state index contributed by atoms with van der Waals surface area (Å²) in [5.74, 6) is 0. The first-order chi connectivity index (χ1) is 11.4. The van der Waals surface area contributed by atoms with Gasteiger partial charge in [-0.2, -0.15) is 0 Å². The second kappa shape index (κ2) is 5.32. The number of imidazole rings is 1. The van der Waals surface area contributed by atoms with Gasteiger partial charge in [-0.3, -0.25) is 0 Å². The highest BCUT2D eigenvalue weighted by Crippen LogP contribution is 2.39. The van der Waals surface area contributed by atoms with Crippen molar-refractivity contribution < 1.29 is 4.98 Å². The highest BCUT2D eigenvalue weighted by atomic mass is 32.2. The average Bonchev–Trinajstić information content (AvgIpc) is 3.15. The first-order valence-corrected chi connectivity index (χ1v) is 9.45. The number of H-pyrrole nitrogens is 2. The maximum atomic E-state index is 4.68. The number of nitrogens with zero attached hydrogens (tertiary/aromatic N) is 2. The van der Waals surface area contributed by atoms with Gasteiger partial charge in [0.1, 0.15) is 0 Å². The Bertz CT molecular complexity index is 985. The van der Waals surface area contributed by atoms with Crippen LogP contribution in [0.5, 0.6) is 0 Å². The monoisotopic (exact) mass is 339 g/mol. The first-order valence-electron chi connectivity index (χ1n) is 7.82. The van der Waals surface area contributed by atoms with Crippen LogP contribution in [0, 0.1) is 0 Å². The van der Waals surface area contributed by atoms with Gasteiger partial charge in [-0.25, -0.2) is 9.97 Å². The summed E-state index contributed by atoms with van der Waals surface area (Å²) in [7, 11) is 0. The van der Waals surface area contributed by atoms with E-state index in [1.165, 1.54) is 41.5 Å². The van der Waals surface area contributed by atoms with E-state index in [1.807, 2.05) is 29.5 Å². The van der Waals surface area contributed by atoms with Crippen molar-refractivity contribution in [1.29, 1.82) is 0 Å². The summed E-state index contributed by atoms with van der Waals surface area (Å²) in [4.78, 5) is 18.6. The van der Waals surface area contributed by atoms with Crippen LogP contribution in [-0.4, -0.2) is 15.0 Å². The number of fused-ring (bicyclic) bond motifs is 4. The molecule has 114 valence electrons.